The molecule has 1 atom stereocenters. The molecular weight excluding hydrogens is 228 g/mol. The van der Waals surface area contributed by atoms with Crippen molar-refractivity contribution < 1.29 is 15.0 Å². The molecule has 0 saturated carbocycles. The van der Waals surface area contributed by atoms with Gasteiger partial charge in [-0.25, -0.2) is 0 Å². The van der Waals surface area contributed by atoms with Gasteiger partial charge in [-0.3, -0.25) is 4.79 Å². The second-order valence-corrected chi connectivity index (χ2v) is 4.69. The van der Waals surface area contributed by atoms with Crippen LogP contribution in [-0.4, -0.2) is 21.4 Å². The van der Waals surface area contributed by atoms with Gasteiger partial charge in [-0.15, -0.1) is 11.6 Å². The average Bonchev–Trinajstić information content (AvgIpc) is 2.15. The molecule has 0 aliphatic carbocycles. The molecule has 16 heavy (non-hydrogen) atoms. The summed E-state index contributed by atoms with van der Waals surface area (Å²) in [5, 5.41) is 18.0. The van der Waals surface area contributed by atoms with Crippen LogP contribution in [0.1, 0.15) is 30.6 Å². The topological polar surface area (TPSA) is 57.5 Å². The lowest BCUT2D eigenvalue weighted by Gasteiger charge is -2.11. The molecule has 0 radical (unpaired) electrons. The van der Waals surface area contributed by atoms with Gasteiger partial charge in [0.05, 0.1) is 10.9 Å². The maximum Gasteiger partial charge on any atom is 0.184 e. The maximum absolute atomic E-state index is 11.8. The molecule has 0 amide bonds. The Bertz CT molecular complexity index is 388. The van der Waals surface area contributed by atoms with Crippen LogP contribution < -0.4 is 0 Å². The van der Waals surface area contributed by atoms with Gasteiger partial charge in [0, 0.05) is 6.07 Å². The van der Waals surface area contributed by atoms with E-state index in [4.69, 9.17) is 16.7 Å². The first-order chi connectivity index (χ1) is 7.41. The summed E-state index contributed by atoms with van der Waals surface area (Å²) < 4.78 is 0. The van der Waals surface area contributed by atoms with Crippen molar-refractivity contribution in [3.05, 3.63) is 23.8 Å². The summed E-state index contributed by atoms with van der Waals surface area (Å²) in [6.45, 7) is 3.94. The van der Waals surface area contributed by atoms with Gasteiger partial charge in [0.15, 0.2) is 5.78 Å². The van der Waals surface area contributed by atoms with Gasteiger partial charge in [-0.1, -0.05) is 13.8 Å². The number of carbonyl (C=O) groups excluding carboxylic acids is 1. The molecule has 88 valence electrons. The Hall–Kier alpha value is -1.22. The summed E-state index contributed by atoms with van der Waals surface area (Å²) >= 11 is 5.95. The van der Waals surface area contributed by atoms with E-state index in [0.717, 1.165) is 6.07 Å². The SMILES string of the molecule is CC(C)CC(Cl)C(=O)c1ccc(O)cc1O. The highest BCUT2D eigenvalue weighted by Gasteiger charge is 2.21. The standard InChI is InChI=1S/C12H15ClO3/c1-7(2)5-10(13)12(16)9-4-3-8(14)6-11(9)15/h3-4,6-7,10,14-15H,5H2,1-2H3. The molecule has 0 heterocycles. The van der Waals surface area contributed by atoms with E-state index in [1.54, 1.807) is 0 Å². The highest BCUT2D eigenvalue weighted by atomic mass is 35.5. The van der Waals surface area contributed by atoms with E-state index in [0.29, 0.717) is 12.3 Å². The van der Waals surface area contributed by atoms with Crippen LogP contribution in [0.25, 0.3) is 0 Å². The number of aromatic hydroxyl groups is 2. The van der Waals surface area contributed by atoms with Crippen molar-refractivity contribution in [3.63, 3.8) is 0 Å². The number of halogens is 1. The molecule has 1 unspecified atom stereocenters. The normalized spacial score (nSPS) is 12.8. The number of phenolic OH excluding ortho intramolecular Hbond substituents is 2. The van der Waals surface area contributed by atoms with E-state index in [9.17, 15) is 9.90 Å². The van der Waals surface area contributed by atoms with E-state index in [-0.39, 0.29) is 22.8 Å². The summed E-state index contributed by atoms with van der Waals surface area (Å²) in [4.78, 5) is 11.8. The molecule has 2 N–H and O–H groups in total. The van der Waals surface area contributed by atoms with Crippen molar-refractivity contribution in [1.82, 2.24) is 0 Å². The van der Waals surface area contributed by atoms with Crippen molar-refractivity contribution >= 4 is 17.4 Å². The number of rotatable bonds is 4. The summed E-state index contributed by atoms with van der Waals surface area (Å²) in [5.41, 5.74) is 0.151. The molecule has 0 aliphatic heterocycles. The summed E-state index contributed by atoms with van der Waals surface area (Å²) in [7, 11) is 0. The van der Waals surface area contributed by atoms with Crippen molar-refractivity contribution in [1.29, 1.82) is 0 Å². The zero-order chi connectivity index (χ0) is 12.3. The van der Waals surface area contributed by atoms with Crippen LogP contribution in [0.2, 0.25) is 0 Å². The van der Waals surface area contributed by atoms with Gasteiger partial charge >= 0.3 is 0 Å². The Morgan fingerprint density at radius 2 is 2.00 bits per heavy atom. The fourth-order valence-corrected chi connectivity index (χ4v) is 1.89. The average molecular weight is 243 g/mol. The molecule has 0 aromatic heterocycles. The number of hydrogen-bond donors (Lipinski definition) is 2. The largest absolute Gasteiger partial charge is 0.508 e. The van der Waals surface area contributed by atoms with Gasteiger partial charge in [-0.2, -0.15) is 0 Å². The maximum atomic E-state index is 11.8. The molecule has 1 aromatic rings. The fourth-order valence-electron chi connectivity index (χ4n) is 1.42. The summed E-state index contributed by atoms with van der Waals surface area (Å²) in [5.74, 6) is -0.318. The van der Waals surface area contributed by atoms with Crippen LogP contribution in [0.5, 0.6) is 11.5 Å². The van der Waals surface area contributed by atoms with Crippen molar-refractivity contribution in [2.45, 2.75) is 25.6 Å². The first kappa shape index (κ1) is 12.8. The van der Waals surface area contributed by atoms with Crippen LogP contribution in [0.15, 0.2) is 18.2 Å². The molecule has 0 spiro atoms. The van der Waals surface area contributed by atoms with Crippen molar-refractivity contribution in [3.8, 4) is 11.5 Å². The minimum Gasteiger partial charge on any atom is -0.508 e. The van der Waals surface area contributed by atoms with Gasteiger partial charge in [0.25, 0.3) is 0 Å². The van der Waals surface area contributed by atoms with Crippen LogP contribution in [0.3, 0.4) is 0 Å². The van der Waals surface area contributed by atoms with E-state index in [2.05, 4.69) is 0 Å². The van der Waals surface area contributed by atoms with Crippen LogP contribution >= 0.6 is 11.6 Å². The lowest BCUT2D eigenvalue weighted by atomic mass is 10.00. The third kappa shape index (κ3) is 3.14. The number of carbonyl (C=O) groups is 1. The Morgan fingerprint density at radius 1 is 1.38 bits per heavy atom. The van der Waals surface area contributed by atoms with Crippen molar-refractivity contribution in [2.24, 2.45) is 5.92 Å². The Labute approximate surface area is 99.7 Å². The minimum atomic E-state index is -0.643. The number of Topliss-reactive ketones (excluding diaryl/α,β-unsaturated/α-hetero) is 1. The molecule has 0 fully saturated rings. The Balaban J connectivity index is 2.88. The highest BCUT2D eigenvalue weighted by Crippen LogP contribution is 2.26. The monoisotopic (exact) mass is 242 g/mol. The Morgan fingerprint density at radius 3 is 2.50 bits per heavy atom. The first-order valence-corrected chi connectivity index (χ1v) is 5.55. The molecule has 0 bridgehead atoms. The third-order valence-electron chi connectivity index (χ3n) is 2.21. The molecule has 3 nitrogen and oxygen atoms in total. The van der Waals surface area contributed by atoms with Crippen molar-refractivity contribution in [2.75, 3.05) is 0 Å². The van der Waals surface area contributed by atoms with Crippen LogP contribution in [0.4, 0.5) is 0 Å². The zero-order valence-electron chi connectivity index (χ0n) is 9.27. The Kier molecular flexibility index (Phi) is 4.19. The van der Waals surface area contributed by atoms with Gasteiger partial charge < -0.3 is 10.2 Å². The van der Waals surface area contributed by atoms with Gasteiger partial charge in [0.1, 0.15) is 11.5 Å². The predicted octanol–water partition coefficient (Wildman–Crippen LogP) is 2.93. The van der Waals surface area contributed by atoms with E-state index in [1.807, 2.05) is 13.8 Å². The molecule has 0 saturated heterocycles. The highest BCUT2D eigenvalue weighted by molar-refractivity contribution is 6.34. The van der Waals surface area contributed by atoms with Crippen LogP contribution in [-0.2, 0) is 0 Å². The second-order valence-electron chi connectivity index (χ2n) is 4.16. The molecule has 1 rings (SSSR count). The predicted molar refractivity (Wildman–Crippen MR) is 63.2 cm³/mol. The lowest BCUT2D eigenvalue weighted by Crippen LogP contribution is -2.17. The third-order valence-corrected chi connectivity index (χ3v) is 2.59. The summed E-state index contributed by atoms with van der Waals surface area (Å²) in [6.07, 6.45) is 0.556. The smallest absolute Gasteiger partial charge is 0.184 e. The quantitative estimate of drug-likeness (QED) is 0.631. The number of alkyl halides is 1. The minimum absolute atomic E-state index is 0.0796. The number of ketones is 1. The molecular formula is C12H15ClO3. The van der Waals surface area contributed by atoms with Crippen LogP contribution in [0, 0.1) is 5.92 Å². The fraction of sp³-hybridized carbons (Fsp3) is 0.417. The van der Waals surface area contributed by atoms with E-state index >= 15 is 0 Å². The summed E-state index contributed by atoms with van der Waals surface area (Å²) in [6, 6.07) is 3.86. The number of benzene rings is 1. The lowest BCUT2D eigenvalue weighted by molar-refractivity contribution is 0.0977. The molecule has 1 aromatic carbocycles. The molecule has 0 aliphatic rings. The van der Waals surface area contributed by atoms with Gasteiger partial charge in [0.2, 0.25) is 0 Å². The number of hydrogen-bond acceptors (Lipinski definition) is 3. The van der Waals surface area contributed by atoms with E-state index < -0.39 is 5.38 Å². The first-order valence-electron chi connectivity index (χ1n) is 5.12. The zero-order valence-corrected chi connectivity index (χ0v) is 10.0. The number of phenols is 2. The van der Waals surface area contributed by atoms with E-state index in [1.165, 1.54) is 12.1 Å². The molecule has 4 heteroatoms. The van der Waals surface area contributed by atoms with Gasteiger partial charge in [-0.05, 0) is 24.5 Å². The second kappa shape index (κ2) is 5.21.